The molecule has 2 rings (SSSR count). The van der Waals surface area contributed by atoms with Gasteiger partial charge in [0.1, 0.15) is 11.6 Å². The Balaban J connectivity index is 0.00000392. The first-order chi connectivity index (χ1) is 13.3. The summed E-state index contributed by atoms with van der Waals surface area (Å²) in [6.07, 6.45) is 4.78. The Morgan fingerprint density at radius 1 is 1.04 bits per heavy atom. The minimum absolute atomic E-state index is 0. The van der Waals surface area contributed by atoms with Gasteiger partial charge in [0.25, 0.3) is 0 Å². The summed E-state index contributed by atoms with van der Waals surface area (Å²) in [7, 11) is 1.71. The Bertz CT molecular complexity index is 682. The fraction of sp³-hybridized carbons (Fsp3) is 0.429. The van der Waals surface area contributed by atoms with Gasteiger partial charge in [-0.1, -0.05) is 24.3 Å². The van der Waals surface area contributed by atoms with Crippen molar-refractivity contribution in [3.05, 3.63) is 54.2 Å². The number of hydrogen-bond acceptors (Lipinski definition) is 4. The summed E-state index contributed by atoms with van der Waals surface area (Å²) < 4.78 is 5.40. The second-order valence-corrected chi connectivity index (χ2v) is 6.10. The summed E-state index contributed by atoms with van der Waals surface area (Å²) in [4.78, 5) is 8.90. The maximum atomic E-state index is 5.40. The van der Waals surface area contributed by atoms with Gasteiger partial charge in [0.2, 0.25) is 0 Å². The van der Waals surface area contributed by atoms with Crippen LogP contribution in [0.15, 0.2) is 53.7 Å². The van der Waals surface area contributed by atoms with Gasteiger partial charge in [0.05, 0.1) is 7.11 Å². The van der Waals surface area contributed by atoms with Crippen molar-refractivity contribution in [1.29, 1.82) is 0 Å². The summed E-state index contributed by atoms with van der Waals surface area (Å²) in [5.41, 5.74) is 1.20. The Labute approximate surface area is 185 Å². The van der Waals surface area contributed by atoms with E-state index in [1.807, 2.05) is 36.4 Å². The van der Waals surface area contributed by atoms with E-state index in [4.69, 9.17) is 4.74 Å². The standard InChI is InChI=1S/C21H31N5O.HI/c1-3-22-21(26-17-13-18-10-4-5-11-19(18)27-2)25-16-9-8-15-24-20-12-6-7-14-23-20;/h4-7,10-12,14H,3,8-9,13,15-17H2,1-2H3,(H,23,24)(H2,22,25,26);1H. The molecular formula is C21H32IN5O. The molecule has 0 amide bonds. The highest BCUT2D eigenvalue weighted by molar-refractivity contribution is 14.0. The molecule has 0 aliphatic heterocycles. The third-order valence-electron chi connectivity index (χ3n) is 4.05. The van der Waals surface area contributed by atoms with Gasteiger partial charge in [-0.2, -0.15) is 0 Å². The van der Waals surface area contributed by atoms with Gasteiger partial charge in [-0.05, 0) is 49.9 Å². The van der Waals surface area contributed by atoms with E-state index < -0.39 is 0 Å². The Kier molecular flexibility index (Phi) is 12.8. The molecule has 0 atom stereocenters. The molecule has 0 aliphatic rings. The molecule has 0 spiro atoms. The number of unbranched alkanes of at least 4 members (excludes halogenated alkanes) is 1. The van der Waals surface area contributed by atoms with Crippen LogP contribution in [0.5, 0.6) is 5.75 Å². The second kappa shape index (κ2) is 15.0. The molecule has 1 aromatic heterocycles. The zero-order valence-corrected chi connectivity index (χ0v) is 19.1. The van der Waals surface area contributed by atoms with Crippen molar-refractivity contribution >= 4 is 35.8 Å². The third kappa shape index (κ3) is 9.25. The predicted molar refractivity (Wildman–Crippen MR) is 128 cm³/mol. The number of para-hydroxylation sites is 1. The molecular weight excluding hydrogens is 465 g/mol. The van der Waals surface area contributed by atoms with Crippen LogP contribution in [0.4, 0.5) is 5.82 Å². The number of pyridine rings is 1. The predicted octanol–water partition coefficient (Wildman–Crippen LogP) is 3.70. The first kappa shape index (κ1) is 24.0. The van der Waals surface area contributed by atoms with Crippen molar-refractivity contribution in [2.24, 2.45) is 4.99 Å². The number of guanidine groups is 1. The lowest BCUT2D eigenvalue weighted by molar-refractivity contribution is 0.409. The van der Waals surface area contributed by atoms with Gasteiger partial charge in [0.15, 0.2) is 5.96 Å². The van der Waals surface area contributed by atoms with Crippen LogP contribution >= 0.6 is 24.0 Å². The number of nitrogens with zero attached hydrogens (tertiary/aromatic N) is 2. The maximum Gasteiger partial charge on any atom is 0.191 e. The fourth-order valence-electron chi connectivity index (χ4n) is 2.68. The minimum Gasteiger partial charge on any atom is -0.496 e. The average Bonchev–Trinajstić information content (AvgIpc) is 2.71. The van der Waals surface area contributed by atoms with Crippen LogP contribution in [0.25, 0.3) is 0 Å². The summed E-state index contributed by atoms with van der Waals surface area (Å²) in [6.45, 7) is 5.45. The van der Waals surface area contributed by atoms with E-state index in [0.717, 1.165) is 63.0 Å². The number of ether oxygens (including phenoxy) is 1. The molecule has 0 radical (unpaired) electrons. The summed E-state index contributed by atoms with van der Waals surface area (Å²) in [5, 5.41) is 10.0. The first-order valence-electron chi connectivity index (χ1n) is 9.62. The van der Waals surface area contributed by atoms with Gasteiger partial charge in [-0.25, -0.2) is 4.98 Å². The van der Waals surface area contributed by atoms with E-state index in [0.29, 0.717) is 0 Å². The quantitative estimate of drug-likeness (QED) is 0.191. The second-order valence-electron chi connectivity index (χ2n) is 6.10. The van der Waals surface area contributed by atoms with E-state index in [9.17, 15) is 0 Å². The molecule has 1 aromatic carbocycles. The molecule has 1 heterocycles. The van der Waals surface area contributed by atoms with E-state index in [-0.39, 0.29) is 24.0 Å². The number of rotatable bonds is 11. The Morgan fingerprint density at radius 3 is 2.61 bits per heavy atom. The molecule has 0 unspecified atom stereocenters. The molecule has 0 fully saturated rings. The van der Waals surface area contributed by atoms with Crippen LogP contribution in [0, 0.1) is 0 Å². The van der Waals surface area contributed by atoms with Crippen LogP contribution in [0.2, 0.25) is 0 Å². The molecule has 154 valence electrons. The number of methoxy groups -OCH3 is 1. The van der Waals surface area contributed by atoms with Crippen molar-refractivity contribution in [2.75, 3.05) is 38.6 Å². The zero-order chi connectivity index (χ0) is 19.2. The lowest BCUT2D eigenvalue weighted by atomic mass is 10.1. The zero-order valence-electron chi connectivity index (χ0n) is 16.8. The number of hydrogen-bond donors (Lipinski definition) is 3. The number of anilines is 1. The molecule has 0 aliphatic carbocycles. The average molecular weight is 497 g/mol. The molecule has 6 nitrogen and oxygen atoms in total. The number of aromatic nitrogens is 1. The van der Waals surface area contributed by atoms with Crippen molar-refractivity contribution in [3.8, 4) is 5.75 Å². The lowest BCUT2D eigenvalue weighted by Gasteiger charge is -2.12. The topological polar surface area (TPSA) is 70.6 Å². The number of nitrogens with one attached hydrogen (secondary N) is 3. The molecule has 28 heavy (non-hydrogen) atoms. The van der Waals surface area contributed by atoms with Gasteiger partial charge >= 0.3 is 0 Å². The first-order valence-corrected chi connectivity index (χ1v) is 9.62. The van der Waals surface area contributed by atoms with Crippen molar-refractivity contribution in [1.82, 2.24) is 15.6 Å². The monoisotopic (exact) mass is 497 g/mol. The van der Waals surface area contributed by atoms with Gasteiger partial charge in [0, 0.05) is 32.4 Å². The number of aliphatic imine (C=N–C) groups is 1. The summed E-state index contributed by atoms with van der Waals surface area (Å²) >= 11 is 0. The lowest BCUT2D eigenvalue weighted by Crippen LogP contribution is -2.38. The van der Waals surface area contributed by atoms with E-state index >= 15 is 0 Å². The molecule has 0 saturated carbocycles. The van der Waals surface area contributed by atoms with E-state index in [2.05, 4.69) is 38.9 Å². The van der Waals surface area contributed by atoms with Crippen LogP contribution in [-0.2, 0) is 6.42 Å². The largest absolute Gasteiger partial charge is 0.496 e. The maximum absolute atomic E-state index is 5.40. The van der Waals surface area contributed by atoms with Crippen LogP contribution < -0.4 is 20.7 Å². The Hall–Kier alpha value is -2.03. The van der Waals surface area contributed by atoms with Gasteiger partial charge in [-0.3, -0.25) is 4.99 Å². The molecule has 0 bridgehead atoms. The Morgan fingerprint density at radius 2 is 1.86 bits per heavy atom. The third-order valence-corrected chi connectivity index (χ3v) is 4.05. The van der Waals surface area contributed by atoms with Crippen molar-refractivity contribution in [2.45, 2.75) is 26.2 Å². The highest BCUT2D eigenvalue weighted by atomic mass is 127. The van der Waals surface area contributed by atoms with E-state index in [1.54, 1.807) is 13.3 Å². The molecule has 7 heteroatoms. The molecule has 2 aromatic rings. The molecule has 0 saturated heterocycles. The van der Waals surface area contributed by atoms with Crippen LogP contribution in [0.1, 0.15) is 25.3 Å². The number of halogens is 1. The van der Waals surface area contributed by atoms with Crippen molar-refractivity contribution < 1.29 is 4.74 Å². The normalized spacial score (nSPS) is 10.7. The van der Waals surface area contributed by atoms with Crippen LogP contribution in [-0.4, -0.2) is 44.2 Å². The van der Waals surface area contributed by atoms with Gasteiger partial charge in [-0.15, -0.1) is 24.0 Å². The van der Waals surface area contributed by atoms with Crippen molar-refractivity contribution in [3.63, 3.8) is 0 Å². The minimum atomic E-state index is 0. The molecule has 3 N–H and O–H groups in total. The smallest absolute Gasteiger partial charge is 0.191 e. The fourth-order valence-corrected chi connectivity index (χ4v) is 2.68. The summed E-state index contributed by atoms with van der Waals surface area (Å²) in [6, 6.07) is 14.0. The SMILES string of the molecule is CCNC(=NCCCCNc1ccccn1)NCCc1ccccc1OC.I. The highest BCUT2D eigenvalue weighted by Crippen LogP contribution is 2.17. The highest BCUT2D eigenvalue weighted by Gasteiger charge is 2.02. The summed E-state index contributed by atoms with van der Waals surface area (Å²) in [5.74, 6) is 2.72. The van der Waals surface area contributed by atoms with Gasteiger partial charge < -0.3 is 20.7 Å². The number of benzene rings is 1. The van der Waals surface area contributed by atoms with E-state index in [1.165, 1.54) is 5.56 Å². The van der Waals surface area contributed by atoms with Crippen LogP contribution in [0.3, 0.4) is 0 Å².